The van der Waals surface area contributed by atoms with Crippen molar-refractivity contribution in [1.82, 2.24) is 25.1 Å². The van der Waals surface area contributed by atoms with Crippen LogP contribution in [0, 0.1) is 12.7 Å². The van der Waals surface area contributed by atoms with Crippen LogP contribution in [0.5, 0.6) is 0 Å². The van der Waals surface area contributed by atoms with Crippen molar-refractivity contribution in [2.45, 2.75) is 25.7 Å². The molecule has 1 aliphatic rings. The Morgan fingerprint density at radius 2 is 2.07 bits per heavy atom. The van der Waals surface area contributed by atoms with Crippen molar-refractivity contribution in [3.63, 3.8) is 0 Å². The van der Waals surface area contributed by atoms with Gasteiger partial charge in [-0.1, -0.05) is 23.5 Å². The van der Waals surface area contributed by atoms with Crippen molar-refractivity contribution in [3.8, 4) is 10.6 Å². The monoisotopic (exact) mass is 383 g/mol. The molecule has 6 nitrogen and oxygen atoms in total. The molecule has 1 fully saturated rings. The molecule has 1 aliphatic heterocycles. The molecule has 0 saturated carbocycles. The van der Waals surface area contributed by atoms with Gasteiger partial charge in [-0.05, 0) is 31.9 Å². The van der Waals surface area contributed by atoms with E-state index in [0.717, 1.165) is 23.5 Å². The number of amides is 1. The van der Waals surface area contributed by atoms with Gasteiger partial charge >= 0.3 is 0 Å². The van der Waals surface area contributed by atoms with E-state index in [2.05, 4.69) is 20.2 Å². The fourth-order valence-electron chi connectivity index (χ4n) is 3.17. The average molecular weight is 383 g/mol. The standard InChI is InChI=1S/C19H18FN5OS/c1-12-9-22-16(10-21-12)19(26)25-8-4-5-13(11-25)17-23-24-18(27-17)14-6-2-3-7-15(14)20/h2-3,6-7,9-10,13H,4-5,8,11H2,1H3/t13-/m0/s1. The van der Waals surface area contributed by atoms with Gasteiger partial charge in [-0.2, -0.15) is 0 Å². The zero-order chi connectivity index (χ0) is 18.8. The summed E-state index contributed by atoms with van der Waals surface area (Å²) in [4.78, 5) is 22.8. The number of nitrogens with zero attached hydrogens (tertiary/aromatic N) is 5. The number of halogens is 1. The zero-order valence-electron chi connectivity index (χ0n) is 14.8. The molecule has 3 aromatic rings. The minimum atomic E-state index is -0.307. The summed E-state index contributed by atoms with van der Waals surface area (Å²) >= 11 is 1.39. The molecule has 8 heteroatoms. The number of hydrogen-bond donors (Lipinski definition) is 0. The van der Waals surface area contributed by atoms with E-state index in [-0.39, 0.29) is 17.6 Å². The maximum Gasteiger partial charge on any atom is 0.274 e. The Labute approximate surface area is 160 Å². The number of aromatic nitrogens is 4. The summed E-state index contributed by atoms with van der Waals surface area (Å²) in [7, 11) is 0. The number of piperidine rings is 1. The van der Waals surface area contributed by atoms with E-state index in [1.165, 1.54) is 23.6 Å². The lowest BCUT2D eigenvalue weighted by molar-refractivity contribution is 0.0700. The molecule has 0 N–H and O–H groups in total. The number of rotatable bonds is 3. The van der Waals surface area contributed by atoms with E-state index in [1.807, 2.05) is 6.92 Å². The first-order valence-electron chi connectivity index (χ1n) is 8.78. The van der Waals surface area contributed by atoms with E-state index < -0.39 is 0 Å². The third kappa shape index (κ3) is 3.71. The first kappa shape index (κ1) is 17.7. The first-order chi connectivity index (χ1) is 13.1. The molecule has 4 rings (SSSR count). The van der Waals surface area contributed by atoms with Crippen molar-refractivity contribution < 1.29 is 9.18 Å². The maximum atomic E-state index is 14.0. The molecule has 0 spiro atoms. The number of likely N-dealkylation sites (tertiary alicyclic amines) is 1. The average Bonchev–Trinajstić information content (AvgIpc) is 3.18. The molecule has 0 bridgehead atoms. The normalized spacial score (nSPS) is 17.1. The van der Waals surface area contributed by atoms with Gasteiger partial charge in [0.25, 0.3) is 5.91 Å². The van der Waals surface area contributed by atoms with Crippen molar-refractivity contribution in [1.29, 1.82) is 0 Å². The van der Waals surface area contributed by atoms with Crippen molar-refractivity contribution in [3.05, 3.63) is 58.9 Å². The summed E-state index contributed by atoms with van der Waals surface area (Å²) in [5, 5.41) is 9.83. The molecule has 27 heavy (non-hydrogen) atoms. The highest BCUT2D eigenvalue weighted by Crippen LogP contribution is 2.33. The summed E-state index contributed by atoms with van der Waals surface area (Å²) in [5.74, 6) is -0.330. The second-order valence-corrected chi connectivity index (χ2v) is 7.57. The largest absolute Gasteiger partial charge is 0.337 e. The van der Waals surface area contributed by atoms with Gasteiger partial charge in [0.05, 0.1) is 11.9 Å². The van der Waals surface area contributed by atoms with E-state index in [0.29, 0.717) is 29.4 Å². The SMILES string of the molecule is Cc1cnc(C(=O)N2CCC[C@H](c3nnc(-c4ccccc4F)s3)C2)cn1. The summed E-state index contributed by atoms with van der Waals surface area (Å²) in [6.45, 7) is 3.07. The predicted octanol–water partition coefficient (Wildman–Crippen LogP) is 3.46. The molecule has 0 radical (unpaired) electrons. The quantitative estimate of drug-likeness (QED) is 0.693. The van der Waals surface area contributed by atoms with Gasteiger partial charge in [-0.3, -0.25) is 9.78 Å². The summed E-state index contributed by atoms with van der Waals surface area (Å²) in [5.41, 5.74) is 1.59. The van der Waals surface area contributed by atoms with E-state index >= 15 is 0 Å². The fraction of sp³-hybridized carbons (Fsp3) is 0.316. The Morgan fingerprint density at radius 3 is 2.85 bits per heavy atom. The minimum Gasteiger partial charge on any atom is -0.337 e. The van der Waals surface area contributed by atoms with Gasteiger partial charge < -0.3 is 4.90 Å². The van der Waals surface area contributed by atoms with Crippen LogP contribution in [0.3, 0.4) is 0 Å². The lowest BCUT2D eigenvalue weighted by Crippen LogP contribution is -2.39. The van der Waals surface area contributed by atoms with Crippen LogP contribution in [-0.4, -0.2) is 44.1 Å². The van der Waals surface area contributed by atoms with Crippen LogP contribution in [0.25, 0.3) is 10.6 Å². The predicted molar refractivity (Wildman–Crippen MR) is 100.0 cm³/mol. The van der Waals surface area contributed by atoms with E-state index in [9.17, 15) is 9.18 Å². The van der Waals surface area contributed by atoms with Crippen LogP contribution in [-0.2, 0) is 0 Å². The van der Waals surface area contributed by atoms with Gasteiger partial charge in [-0.25, -0.2) is 9.37 Å². The third-order valence-corrected chi connectivity index (χ3v) is 5.72. The van der Waals surface area contributed by atoms with Crippen LogP contribution in [0.4, 0.5) is 4.39 Å². The Morgan fingerprint density at radius 1 is 1.22 bits per heavy atom. The Hall–Kier alpha value is -2.74. The second kappa shape index (κ2) is 7.48. The van der Waals surface area contributed by atoms with E-state index in [4.69, 9.17) is 0 Å². The number of hydrogen-bond acceptors (Lipinski definition) is 6. The summed E-state index contributed by atoms with van der Waals surface area (Å²) in [6.07, 6.45) is 4.92. The molecule has 1 aromatic carbocycles. The maximum absolute atomic E-state index is 14.0. The van der Waals surface area contributed by atoms with Gasteiger partial charge in [0.2, 0.25) is 0 Å². The molecule has 1 atom stereocenters. The lowest BCUT2D eigenvalue weighted by atomic mass is 9.98. The molecular formula is C19H18FN5OS. The summed E-state index contributed by atoms with van der Waals surface area (Å²) < 4.78 is 14.0. The molecular weight excluding hydrogens is 365 g/mol. The van der Waals surface area contributed by atoms with Crippen molar-refractivity contribution in [2.24, 2.45) is 0 Å². The van der Waals surface area contributed by atoms with Crippen LogP contribution >= 0.6 is 11.3 Å². The lowest BCUT2D eigenvalue weighted by Gasteiger charge is -2.31. The highest BCUT2D eigenvalue weighted by atomic mass is 32.1. The molecule has 1 saturated heterocycles. The van der Waals surface area contributed by atoms with Crippen molar-refractivity contribution >= 4 is 17.2 Å². The van der Waals surface area contributed by atoms with Gasteiger partial charge in [-0.15, -0.1) is 10.2 Å². The Kier molecular flexibility index (Phi) is 4.89. The third-order valence-electron chi connectivity index (χ3n) is 4.60. The van der Waals surface area contributed by atoms with Crippen LogP contribution in [0.1, 0.15) is 39.9 Å². The summed E-state index contributed by atoms with van der Waals surface area (Å²) in [6, 6.07) is 6.55. The second-order valence-electron chi connectivity index (χ2n) is 6.56. The van der Waals surface area contributed by atoms with Crippen molar-refractivity contribution in [2.75, 3.05) is 13.1 Å². The highest BCUT2D eigenvalue weighted by molar-refractivity contribution is 7.14. The van der Waals surface area contributed by atoms with E-state index in [1.54, 1.807) is 29.3 Å². The molecule has 3 heterocycles. The Bertz CT molecular complexity index is 959. The van der Waals surface area contributed by atoms with Gasteiger partial charge in [0, 0.05) is 30.8 Å². The molecule has 0 aliphatic carbocycles. The number of benzene rings is 1. The van der Waals surface area contributed by atoms with Gasteiger partial charge in [0.15, 0.2) is 5.01 Å². The first-order valence-corrected chi connectivity index (χ1v) is 9.59. The molecule has 1 amide bonds. The number of aryl methyl sites for hydroxylation is 1. The molecule has 2 aromatic heterocycles. The van der Waals surface area contributed by atoms with Crippen LogP contribution in [0.2, 0.25) is 0 Å². The number of carbonyl (C=O) groups excluding carboxylic acids is 1. The van der Waals surface area contributed by atoms with Crippen LogP contribution < -0.4 is 0 Å². The zero-order valence-corrected chi connectivity index (χ0v) is 15.6. The topological polar surface area (TPSA) is 71.9 Å². The highest BCUT2D eigenvalue weighted by Gasteiger charge is 2.28. The minimum absolute atomic E-state index is 0.0964. The van der Waals surface area contributed by atoms with Crippen LogP contribution in [0.15, 0.2) is 36.7 Å². The Balaban J connectivity index is 1.51. The smallest absolute Gasteiger partial charge is 0.274 e. The number of carbonyl (C=O) groups is 1. The fourth-order valence-corrected chi connectivity index (χ4v) is 4.17. The molecule has 138 valence electrons. The van der Waals surface area contributed by atoms with Gasteiger partial charge in [0.1, 0.15) is 16.5 Å². The molecule has 0 unspecified atom stereocenters.